The first-order valence-electron chi connectivity index (χ1n) is 10.5. The van der Waals surface area contributed by atoms with Gasteiger partial charge < -0.3 is 26.0 Å². The van der Waals surface area contributed by atoms with Crippen molar-refractivity contribution < 1.29 is 39.3 Å². The van der Waals surface area contributed by atoms with Gasteiger partial charge in [-0.05, 0) is 30.6 Å². The third-order valence-corrected chi connectivity index (χ3v) is 3.96. The molecule has 0 aromatic heterocycles. The highest BCUT2D eigenvalue weighted by Crippen LogP contribution is 2.17. The van der Waals surface area contributed by atoms with E-state index in [4.69, 9.17) is 15.3 Å². The fourth-order valence-corrected chi connectivity index (χ4v) is 1.99. The molecule has 0 fully saturated rings. The fourth-order valence-electron chi connectivity index (χ4n) is 1.99. The standard InChI is InChI=1S/C12H19NO5.C11H19NO3/c1-12(2,3)4-5-13-9(14)6-8(11(17)18)7-10(15)16;1-8(10(14)15)7-9(13)12-6-5-11(2,3)4/h6H,4-5,7H2,1-3H3,(H,13,14)(H,15,16)(H,17,18);7H,5-6H2,1-4H3,(H,12,13)(H,14,15)/b8-6-;8-7-. The number of nitrogens with one attached hydrogen (secondary N) is 2. The summed E-state index contributed by atoms with van der Waals surface area (Å²) in [7, 11) is 0. The molecule has 0 aliphatic heterocycles. The second-order valence-electron chi connectivity index (χ2n) is 9.88. The Hall–Kier alpha value is -3.17. The molecule has 2 amide bonds. The Kier molecular flexibility index (Phi) is 14.4. The number of rotatable bonds is 10. The van der Waals surface area contributed by atoms with Crippen LogP contribution in [0.1, 0.15) is 67.7 Å². The SMILES string of the molecule is C/C(=C/C(=O)NCCC(C)(C)C)C(=O)O.CC(C)(C)CCNC(=O)/C=C(/CC(=O)O)C(=O)O. The van der Waals surface area contributed by atoms with E-state index in [2.05, 4.69) is 31.4 Å². The topological polar surface area (TPSA) is 170 Å². The Labute approximate surface area is 195 Å². The van der Waals surface area contributed by atoms with Crippen LogP contribution >= 0.6 is 0 Å². The van der Waals surface area contributed by atoms with E-state index < -0.39 is 35.8 Å². The van der Waals surface area contributed by atoms with E-state index in [1.807, 2.05) is 20.8 Å². The van der Waals surface area contributed by atoms with Gasteiger partial charge in [-0.15, -0.1) is 0 Å². The summed E-state index contributed by atoms with van der Waals surface area (Å²) >= 11 is 0. The lowest BCUT2D eigenvalue weighted by Gasteiger charge is -2.17. The summed E-state index contributed by atoms with van der Waals surface area (Å²) in [5, 5.41) is 30.9. The molecule has 0 spiro atoms. The van der Waals surface area contributed by atoms with Crippen LogP contribution in [0.25, 0.3) is 0 Å². The maximum Gasteiger partial charge on any atom is 0.332 e. The molecule has 5 N–H and O–H groups in total. The number of carbonyl (C=O) groups is 5. The minimum absolute atomic E-state index is 0.0447. The van der Waals surface area contributed by atoms with Crippen molar-refractivity contribution in [2.45, 2.75) is 67.7 Å². The van der Waals surface area contributed by atoms with Gasteiger partial charge in [-0.25, -0.2) is 9.59 Å². The number of aliphatic carboxylic acids is 3. The third kappa shape index (κ3) is 21.8. The maximum atomic E-state index is 11.4. The highest BCUT2D eigenvalue weighted by molar-refractivity contribution is 6.00. The van der Waals surface area contributed by atoms with Crippen molar-refractivity contribution in [3.05, 3.63) is 23.3 Å². The number of amides is 2. The van der Waals surface area contributed by atoms with E-state index in [0.29, 0.717) is 13.1 Å². The Balaban J connectivity index is 0. The lowest BCUT2D eigenvalue weighted by Crippen LogP contribution is -2.26. The van der Waals surface area contributed by atoms with E-state index in [0.717, 1.165) is 25.0 Å². The first kappa shape index (κ1) is 32.0. The summed E-state index contributed by atoms with van der Waals surface area (Å²) in [6.45, 7) is 14.7. The predicted molar refractivity (Wildman–Crippen MR) is 124 cm³/mol. The van der Waals surface area contributed by atoms with E-state index in [9.17, 15) is 24.0 Å². The van der Waals surface area contributed by atoms with Crippen LogP contribution in [-0.4, -0.2) is 58.1 Å². The van der Waals surface area contributed by atoms with Crippen molar-refractivity contribution in [2.75, 3.05) is 13.1 Å². The largest absolute Gasteiger partial charge is 0.481 e. The summed E-state index contributed by atoms with van der Waals surface area (Å²) < 4.78 is 0. The number of carboxylic acids is 3. The summed E-state index contributed by atoms with van der Waals surface area (Å²) in [5.41, 5.74) is -0.161. The second kappa shape index (κ2) is 14.8. The zero-order valence-corrected chi connectivity index (χ0v) is 20.6. The van der Waals surface area contributed by atoms with Gasteiger partial charge in [0.1, 0.15) is 0 Å². The Morgan fingerprint density at radius 1 is 0.697 bits per heavy atom. The molecular weight excluding hydrogens is 432 g/mol. The number of hydrogen-bond donors (Lipinski definition) is 5. The molecule has 10 heteroatoms. The molecule has 0 aliphatic carbocycles. The first-order valence-corrected chi connectivity index (χ1v) is 10.5. The molecule has 0 aliphatic rings. The monoisotopic (exact) mass is 470 g/mol. The molecule has 0 aromatic carbocycles. The zero-order valence-electron chi connectivity index (χ0n) is 20.6. The molecule has 33 heavy (non-hydrogen) atoms. The molecule has 0 heterocycles. The average molecular weight is 471 g/mol. The molecule has 10 nitrogen and oxygen atoms in total. The zero-order chi connectivity index (χ0) is 26.4. The summed E-state index contributed by atoms with van der Waals surface area (Å²) in [6.07, 6.45) is 2.85. The molecular formula is C23H38N2O8. The van der Waals surface area contributed by atoms with Crippen molar-refractivity contribution in [1.29, 1.82) is 0 Å². The lowest BCUT2D eigenvalue weighted by atomic mass is 9.92. The highest BCUT2D eigenvalue weighted by atomic mass is 16.4. The fraction of sp³-hybridized carbons (Fsp3) is 0.609. The smallest absolute Gasteiger partial charge is 0.332 e. The minimum atomic E-state index is -1.40. The normalized spacial score (nSPS) is 12.2. The lowest BCUT2D eigenvalue weighted by molar-refractivity contribution is -0.139. The van der Waals surface area contributed by atoms with E-state index in [1.165, 1.54) is 6.92 Å². The van der Waals surface area contributed by atoms with Crippen LogP contribution in [0.3, 0.4) is 0 Å². The molecule has 188 valence electrons. The predicted octanol–water partition coefficient (Wildman–Crippen LogP) is 2.59. The van der Waals surface area contributed by atoms with Gasteiger partial charge in [0.05, 0.1) is 12.0 Å². The second-order valence-corrected chi connectivity index (χ2v) is 9.88. The Bertz CT molecular complexity index is 768. The van der Waals surface area contributed by atoms with Crippen LogP contribution in [0.2, 0.25) is 0 Å². The maximum absolute atomic E-state index is 11.4. The number of carboxylic acid groups (broad SMARTS) is 3. The van der Waals surface area contributed by atoms with Gasteiger partial charge in [-0.2, -0.15) is 0 Å². The molecule has 0 aromatic rings. The van der Waals surface area contributed by atoms with Gasteiger partial charge in [0.25, 0.3) is 0 Å². The molecule has 0 bridgehead atoms. The summed E-state index contributed by atoms with van der Waals surface area (Å²) in [5.74, 6) is -4.69. The van der Waals surface area contributed by atoms with Gasteiger partial charge in [0, 0.05) is 30.8 Å². The van der Waals surface area contributed by atoms with Crippen LogP contribution in [0, 0.1) is 10.8 Å². The van der Waals surface area contributed by atoms with Gasteiger partial charge in [-0.1, -0.05) is 41.5 Å². The van der Waals surface area contributed by atoms with Crippen LogP contribution in [0.5, 0.6) is 0 Å². The van der Waals surface area contributed by atoms with Gasteiger partial charge in [0.2, 0.25) is 11.8 Å². The van der Waals surface area contributed by atoms with Gasteiger partial charge >= 0.3 is 17.9 Å². The molecule has 0 rings (SSSR count). The van der Waals surface area contributed by atoms with Crippen molar-refractivity contribution in [1.82, 2.24) is 10.6 Å². The van der Waals surface area contributed by atoms with Gasteiger partial charge in [0.15, 0.2) is 0 Å². The van der Waals surface area contributed by atoms with Crippen LogP contribution < -0.4 is 10.6 Å². The molecule has 0 saturated carbocycles. The van der Waals surface area contributed by atoms with Crippen molar-refractivity contribution in [2.24, 2.45) is 10.8 Å². The summed E-state index contributed by atoms with van der Waals surface area (Å²) in [4.78, 5) is 54.1. The van der Waals surface area contributed by atoms with E-state index in [1.54, 1.807) is 0 Å². The molecule has 0 atom stereocenters. The highest BCUT2D eigenvalue weighted by Gasteiger charge is 2.15. The summed E-state index contributed by atoms with van der Waals surface area (Å²) in [6, 6.07) is 0. The number of hydrogen-bond acceptors (Lipinski definition) is 5. The Morgan fingerprint density at radius 3 is 1.39 bits per heavy atom. The molecule has 0 unspecified atom stereocenters. The van der Waals surface area contributed by atoms with Crippen molar-refractivity contribution >= 4 is 29.7 Å². The van der Waals surface area contributed by atoms with Crippen molar-refractivity contribution in [3.8, 4) is 0 Å². The quantitative estimate of drug-likeness (QED) is 0.303. The van der Waals surface area contributed by atoms with Gasteiger partial charge in [-0.3, -0.25) is 14.4 Å². The third-order valence-electron chi connectivity index (χ3n) is 3.96. The first-order chi connectivity index (χ1) is 14.8. The average Bonchev–Trinajstić information content (AvgIpc) is 2.58. The van der Waals surface area contributed by atoms with Crippen LogP contribution in [0.4, 0.5) is 0 Å². The van der Waals surface area contributed by atoms with E-state index >= 15 is 0 Å². The van der Waals surface area contributed by atoms with E-state index in [-0.39, 0.29) is 22.3 Å². The molecule has 0 saturated heterocycles. The van der Waals surface area contributed by atoms with Crippen LogP contribution in [0.15, 0.2) is 23.3 Å². The molecule has 0 radical (unpaired) electrons. The minimum Gasteiger partial charge on any atom is -0.481 e. The number of carbonyl (C=O) groups excluding carboxylic acids is 2. The van der Waals surface area contributed by atoms with Crippen LogP contribution in [-0.2, 0) is 24.0 Å². The Morgan fingerprint density at radius 2 is 1.09 bits per heavy atom. The van der Waals surface area contributed by atoms with Crippen molar-refractivity contribution in [3.63, 3.8) is 0 Å².